The summed E-state index contributed by atoms with van der Waals surface area (Å²) in [5, 5.41) is 11.1. The topological polar surface area (TPSA) is 49.3 Å². The second kappa shape index (κ2) is 4.92. The molecule has 3 nitrogen and oxygen atoms in total. The van der Waals surface area contributed by atoms with Crippen molar-refractivity contribution in [2.75, 3.05) is 17.6 Å². The maximum absolute atomic E-state index is 11.2. The molecular formula is C7H14INO2. The summed E-state index contributed by atoms with van der Waals surface area (Å²) in [7, 11) is 0. The minimum absolute atomic E-state index is 0.000880. The van der Waals surface area contributed by atoms with Crippen LogP contribution in [0, 0.1) is 5.41 Å². The Kier molecular flexibility index (Phi) is 4.99. The van der Waals surface area contributed by atoms with Crippen molar-refractivity contribution in [3.63, 3.8) is 0 Å². The molecule has 0 aliphatic carbocycles. The third-order valence-electron chi connectivity index (χ3n) is 1.35. The van der Waals surface area contributed by atoms with E-state index in [1.54, 1.807) is 0 Å². The standard InChI is InChI=1S/C7H14INO2/c1-7(2,5-8)6(11)9-3-4-10/h10H,3-5H2,1-2H3,(H,9,11). The predicted octanol–water partition coefficient (Wildman–Crippen LogP) is 0.556. The molecule has 0 saturated heterocycles. The van der Waals surface area contributed by atoms with Gasteiger partial charge in [0.15, 0.2) is 0 Å². The molecule has 0 aliphatic rings. The molecule has 0 aliphatic heterocycles. The molecule has 1 amide bonds. The first kappa shape index (κ1) is 11.2. The number of alkyl halides is 1. The van der Waals surface area contributed by atoms with Gasteiger partial charge in [0.1, 0.15) is 0 Å². The van der Waals surface area contributed by atoms with E-state index in [2.05, 4.69) is 27.9 Å². The van der Waals surface area contributed by atoms with Gasteiger partial charge in [0, 0.05) is 11.0 Å². The van der Waals surface area contributed by atoms with Crippen LogP contribution in [0.1, 0.15) is 13.8 Å². The number of rotatable bonds is 4. The summed E-state index contributed by atoms with van der Waals surface area (Å²) in [6.45, 7) is 4.11. The Labute approximate surface area is 80.7 Å². The molecule has 66 valence electrons. The van der Waals surface area contributed by atoms with Crippen LogP contribution in [0.3, 0.4) is 0 Å². The van der Waals surface area contributed by atoms with E-state index in [-0.39, 0.29) is 17.9 Å². The minimum atomic E-state index is -0.324. The number of hydrogen-bond donors (Lipinski definition) is 2. The van der Waals surface area contributed by atoms with Gasteiger partial charge in [-0.2, -0.15) is 0 Å². The summed E-state index contributed by atoms with van der Waals surface area (Å²) in [6.07, 6.45) is 0. The third kappa shape index (κ3) is 3.91. The average Bonchev–Trinajstić information content (AvgIpc) is 2.00. The fraction of sp³-hybridized carbons (Fsp3) is 0.857. The number of aliphatic hydroxyl groups excluding tert-OH is 1. The molecule has 0 radical (unpaired) electrons. The Bertz CT molecular complexity index is 136. The highest BCUT2D eigenvalue weighted by atomic mass is 127. The van der Waals surface area contributed by atoms with Crippen LogP contribution in [-0.4, -0.2) is 28.6 Å². The van der Waals surface area contributed by atoms with Crippen LogP contribution in [0.15, 0.2) is 0 Å². The summed E-state index contributed by atoms with van der Waals surface area (Å²) < 4.78 is 0.780. The van der Waals surface area contributed by atoms with Crippen molar-refractivity contribution in [1.82, 2.24) is 5.32 Å². The molecule has 0 unspecified atom stereocenters. The first-order chi connectivity index (χ1) is 5.04. The van der Waals surface area contributed by atoms with Crippen molar-refractivity contribution in [2.45, 2.75) is 13.8 Å². The monoisotopic (exact) mass is 271 g/mol. The fourth-order valence-corrected chi connectivity index (χ4v) is 0.816. The molecule has 0 heterocycles. The molecule has 0 bridgehead atoms. The summed E-state index contributed by atoms with van der Waals surface area (Å²) in [6, 6.07) is 0. The van der Waals surface area contributed by atoms with Crippen LogP contribution in [0.2, 0.25) is 0 Å². The van der Waals surface area contributed by atoms with E-state index in [4.69, 9.17) is 5.11 Å². The molecule has 0 aromatic carbocycles. The number of hydrogen-bond acceptors (Lipinski definition) is 2. The lowest BCUT2D eigenvalue weighted by molar-refractivity contribution is -0.128. The van der Waals surface area contributed by atoms with E-state index >= 15 is 0 Å². The van der Waals surface area contributed by atoms with Crippen molar-refractivity contribution in [2.24, 2.45) is 5.41 Å². The molecule has 0 atom stereocenters. The Morgan fingerprint density at radius 1 is 1.64 bits per heavy atom. The maximum Gasteiger partial charge on any atom is 0.226 e. The summed E-state index contributed by atoms with van der Waals surface area (Å²) in [5.74, 6) is 0.000880. The van der Waals surface area contributed by atoms with Crippen LogP contribution in [-0.2, 0) is 4.79 Å². The molecule has 11 heavy (non-hydrogen) atoms. The SMILES string of the molecule is CC(C)(CI)C(=O)NCCO. The summed E-state index contributed by atoms with van der Waals surface area (Å²) >= 11 is 2.17. The maximum atomic E-state index is 11.2. The number of amides is 1. The number of carbonyl (C=O) groups is 1. The first-order valence-electron chi connectivity index (χ1n) is 3.49. The zero-order valence-electron chi connectivity index (χ0n) is 6.85. The Balaban J connectivity index is 3.82. The van der Waals surface area contributed by atoms with E-state index in [0.29, 0.717) is 6.54 Å². The first-order valence-corrected chi connectivity index (χ1v) is 5.02. The van der Waals surface area contributed by atoms with Crippen molar-refractivity contribution in [1.29, 1.82) is 0 Å². The molecule has 0 fully saturated rings. The quantitative estimate of drug-likeness (QED) is 0.579. The molecule has 0 spiro atoms. The van der Waals surface area contributed by atoms with Crippen molar-refractivity contribution in [3.05, 3.63) is 0 Å². The number of aliphatic hydroxyl groups is 1. The third-order valence-corrected chi connectivity index (χ3v) is 3.25. The van der Waals surface area contributed by atoms with Crippen LogP contribution in [0.4, 0.5) is 0 Å². The molecule has 0 saturated carbocycles. The van der Waals surface area contributed by atoms with Gasteiger partial charge in [-0.25, -0.2) is 0 Å². The lowest BCUT2D eigenvalue weighted by atomic mass is 9.96. The highest BCUT2D eigenvalue weighted by Crippen LogP contribution is 2.17. The minimum Gasteiger partial charge on any atom is -0.395 e. The summed E-state index contributed by atoms with van der Waals surface area (Å²) in [5.41, 5.74) is -0.324. The van der Waals surface area contributed by atoms with E-state index in [0.717, 1.165) is 4.43 Å². The van der Waals surface area contributed by atoms with Gasteiger partial charge in [0.05, 0.1) is 12.0 Å². The van der Waals surface area contributed by atoms with Gasteiger partial charge >= 0.3 is 0 Å². The van der Waals surface area contributed by atoms with E-state index in [1.807, 2.05) is 13.8 Å². The zero-order chi connectivity index (χ0) is 8.91. The van der Waals surface area contributed by atoms with Gasteiger partial charge in [-0.1, -0.05) is 36.4 Å². The molecule has 2 N–H and O–H groups in total. The van der Waals surface area contributed by atoms with Crippen LogP contribution >= 0.6 is 22.6 Å². The normalized spacial score (nSPS) is 11.3. The molecule has 0 rings (SSSR count). The largest absolute Gasteiger partial charge is 0.395 e. The summed E-state index contributed by atoms with van der Waals surface area (Å²) in [4.78, 5) is 11.2. The van der Waals surface area contributed by atoms with Gasteiger partial charge in [0.25, 0.3) is 0 Å². The second-order valence-corrected chi connectivity index (χ2v) is 3.76. The Morgan fingerprint density at radius 3 is 2.55 bits per heavy atom. The van der Waals surface area contributed by atoms with Gasteiger partial charge in [0.2, 0.25) is 5.91 Å². The molecule has 0 aromatic rings. The van der Waals surface area contributed by atoms with Crippen LogP contribution < -0.4 is 5.32 Å². The van der Waals surface area contributed by atoms with Crippen LogP contribution in [0.25, 0.3) is 0 Å². The van der Waals surface area contributed by atoms with Gasteiger partial charge < -0.3 is 10.4 Å². The van der Waals surface area contributed by atoms with Crippen molar-refractivity contribution < 1.29 is 9.90 Å². The van der Waals surface area contributed by atoms with Gasteiger partial charge in [-0.3, -0.25) is 4.79 Å². The smallest absolute Gasteiger partial charge is 0.226 e. The fourth-order valence-electron chi connectivity index (χ4n) is 0.469. The molecule has 4 heteroatoms. The number of nitrogens with one attached hydrogen (secondary N) is 1. The number of halogens is 1. The zero-order valence-corrected chi connectivity index (χ0v) is 9.01. The molecule has 0 aromatic heterocycles. The van der Waals surface area contributed by atoms with Crippen molar-refractivity contribution >= 4 is 28.5 Å². The Hall–Kier alpha value is 0.160. The Morgan fingerprint density at radius 2 is 2.18 bits per heavy atom. The predicted molar refractivity (Wildman–Crippen MR) is 52.8 cm³/mol. The van der Waals surface area contributed by atoms with Gasteiger partial charge in [-0.05, 0) is 0 Å². The second-order valence-electron chi connectivity index (χ2n) is 3.00. The number of carbonyl (C=O) groups excluding carboxylic acids is 1. The van der Waals surface area contributed by atoms with E-state index in [1.165, 1.54) is 0 Å². The van der Waals surface area contributed by atoms with E-state index in [9.17, 15) is 4.79 Å². The molecular weight excluding hydrogens is 257 g/mol. The average molecular weight is 271 g/mol. The van der Waals surface area contributed by atoms with E-state index < -0.39 is 0 Å². The highest BCUT2D eigenvalue weighted by Gasteiger charge is 2.25. The van der Waals surface area contributed by atoms with Gasteiger partial charge in [-0.15, -0.1) is 0 Å². The van der Waals surface area contributed by atoms with Crippen LogP contribution in [0.5, 0.6) is 0 Å². The highest BCUT2D eigenvalue weighted by molar-refractivity contribution is 14.1. The lowest BCUT2D eigenvalue weighted by Gasteiger charge is -2.19. The van der Waals surface area contributed by atoms with Crippen molar-refractivity contribution in [3.8, 4) is 0 Å². The lowest BCUT2D eigenvalue weighted by Crippen LogP contribution is -2.39.